The van der Waals surface area contributed by atoms with Crippen LogP contribution in [0.3, 0.4) is 0 Å². The minimum Gasteiger partial charge on any atom is -0.497 e. The van der Waals surface area contributed by atoms with Crippen LogP contribution in [0.25, 0.3) is 0 Å². The number of hydrogen-bond donors (Lipinski definition) is 1. The van der Waals surface area contributed by atoms with E-state index in [0.717, 1.165) is 12.2 Å². The zero-order valence-corrected chi connectivity index (χ0v) is 12.8. The van der Waals surface area contributed by atoms with Crippen molar-refractivity contribution in [2.75, 3.05) is 7.11 Å². The summed E-state index contributed by atoms with van der Waals surface area (Å²) in [6.45, 7) is 2.09. The maximum absolute atomic E-state index is 6.25. The molecule has 1 unspecified atom stereocenters. The Hall–Kier alpha value is -0.840. The lowest BCUT2D eigenvalue weighted by atomic mass is 10.0. The van der Waals surface area contributed by atoms with Crippen LogP contribution >= 0.6 is 27.3 Å². The molecule has 2 rings (SSSR count). The Labute approximate surface area is 120 Å². The van der Waals surface area contributed by atoms with Gasteiger partial charge < -0.3 is 10.5 Å². The molecule has 1 heterocycles. The topological polar surface area (TPSA) is 35.2 Å². The number of thiophene rings is 1. The predicted octanol–water partition coefficient (Wildman–Crippen LogP) is 4.07. The van der Waals surface area contributed by atoms with Crippen molar-refractivity contribution < 1.29 is 4.74 Å². The first-order chi connectivity index (χ1) is 8.60. The van der Waals surface area contributed by atoms with Gasteiger partial charge in [-0.2, -0.15) is 0 Å². The number of ether oxygens (including phenoxy) is 1. The number of aryl methyl sites for hydroxylation is 1. The fraction of sp³-hybridized carbons (Fsp3) is 0.286. The van der Waals surface area contributed by atoms with Crippen LogP contribution in [-0.2, 0) is 6.42 Å². The summed E-state index contributed by atoms with van der Waals surface area (Å²) in [4.78, 5) is 1.21. The number of halogens is 1. The zero-order valence-electron chi connectivity index (χ0n) is 10.4. The van der Waals surface area contributed by atoms with Crippen molar-refractivity contribution in [2.45, 2.75) is 19.4 Å². The molecule has 0 fully saturated rings. The summed E-state index contributed by atoms with van der Waals surface area (Å²) in [5.74, 6) is 0.878. The molecule has 0 aliphatic carbocycles. The number of hydrogen-bond acceptors (Lipinski definition) is 3. The smallest absolute Gasteiger partial charge is 0.119 e. The Bertz CT molecular complexity index is 519. The predicted molar refractivity (Wildman–Crippen MR) is 80.4 cm³/mol. The van der Waals surface area contributed by atoms with Crippen LogP contribution in [0, 0.1) is 6.92 Å². The lowest BCUT2D eigenvalue weighted by molar-refractivity contribution is 0.414. The van der Waals surface area contributed by atoms with Gasteiger partial charge in [0.05, 0.1) is 10.9 Å². The molecule has 0 saturated heterocycles. The third-order valence-electron chi connectivity index (χ3n) is 2.83. The van der Waals surface area contributed by atoms with Gasteiger partial charge in [0.1, 0.15) is 5.75 Å². The first-order valence-electron chi connectivity index (χ1n) is 5.74. The minimum atomic E-state index is 0.0344. The van der Waals surface area contributed by atoms with E-state index in [1.165, 1.54) is 19.8 Å². The van der Waals surface area contributed by atoms with E-state index < -0.39 is 0 Å². The van der Waals surface area contributed by atoms with Gasteiger partial charge >= 0.3 is 0 Å². The van der Waals surface area contributed by atoms with Crippen LogP contribution in [0.15, 0.2) is 34.1 Å². The minimum absolute atomic E-state index is 0.0344. The molecule has 1 aromatic heterocycles. The second-order valence-corrected chi connectivity index (χ2v) is 6.67. The van der Waals surface area contributed by atoms with Crippen LogP contribution in [-0.4, -0.2) is 7.11 Å². The normalized spacial score (nSPS) is 12.4. The molecule has 4 heteroatoms. The highest BCUT2D eigenvalue weighted by molar-refractivity contribution is 9.11. The highest BCUT2D eigenvalue weighted by atomic mass is 79.9. The molecule has 0 spiro atoms. The van der Waals surface area contributed by atoms with E-state index in [2.05, 4.69) is 35.0 Å². The van der Waals surface area contributed by atoms with Crippen LogP contribution in [0.1, 0.15) is 22.0 Å². The molecule has 0 bridgehead atoms. The third kappa shape index (κ3) is 3.13. The van der Waals surface area contributed by atoms with E-state index in [1.807, 2.05) is 18.2 Å². The summed E-state index contributed by atoms with van der Waals surface area (Å²) in [6, 6.07) is 10.2. The first kappa shape index (κ1) is 13.6. The summed E-state index contributed by atoms with van der Waals surface area (Å²) >= 11 is 5.25. The van der Waals surface area contributed by atoms with Crippen LogP contribution in [0.5, 0.6) is 5.75 Å². The molecule has 1 atom stereocenters. The average Bonchev–Trinajstić information content (AvgIpc) is 2.70. The average molecular weight is 326 g/mol. The summed E-state index contributed by atoms with van der Waals surface area (Å²) in [5.41, 5.74) is 8.69. The molecule has 18 heavy (non-hydrogen) atoms. The zero-order chi connectivity index (χ0) is 13.1. The second kappa shape index (κ2) is 5.87. The van der Waals surface area contributed by atoms with Gasteiger partial charge in [0.25, 0.3) is 0 Å². The summed E-state index contributed by atoms with van der Waals surface area (Å²) < 4.78 is 6.39. The van der Waals surface area contributed by atoms with E-state index in [0.29, 0.717) is 0 Å². The molecule has 0 amide bonds. The van der Waals surface area contributed by atoms with Crippen molar-refractivity contribution in [3.63, 3.8) is 0 Å². The van der Waals surface area contributed by atoms with Gasteiger partial charge in [-0.3, -0.25) is 0 Å². The molecule has 2 N–H and O–H groups in total. The lowest BCUT2D eigenvalue weighted by Crippen LogP contribution is -2.11. The highest BCUT2D eigenvalue weighted by Gasteiger charge is 2.12. The molecule has 0 aliphatic rings. The summed E-state index contributed by atoms with van der Waals surface area (Å²) in [7, 11) is 1.68. The molecule has 2 aromatic rings. The monoisotopic (exact) mass is 325 g/mol. The van der Waals surface area contributed by atoms with Gasteiger partial charge in [-0.1, -0.05) is 12.1 Å². The van der Waals surface area contributed by atoms with Crippen molar-refractivity contribution in [1.82, 2.24) is 0 Å². The van der Waals surface area contributed by atoms with Crippen LogP contribution in [0.2, 0.25) is 0 Å². The molecule has 0 aliphatic heterocycles. The van der Waals surface area contributed by atoms with Crippen LogP contribution in [0.4, 0.5) is 0 Å². The second-order valence-electron chi connectivity index (χ2n) is 4.27. The van der Waals surface area contributed by atoms with Gasteiger partial charge in [0.2, 0.25) is 0 Å². The molecule has 2 nitrogen and oxygen atoms in total. The molecule has 0 saturated carbocycles. The van der Waals surface area contributed by atoms with Gasteiger partial charge in [-0.25, -0.2) is 0 Å². The summed E-state index contributed by atoms with van der Waals surface area (Å²) in [5, 5.41) is 0. The van der Waals surface area contributed by atoms with E-state index in [1.54, 1.807) is 18.4 Å². The number of rotatable bonds is 4. The Morgan fingerprint density at radius 2 is 2.17 bits per heavy atom. The van der Waals surface area contributed by atoms with E-state index >= 15 is 0 Å². The number of benzene rings is 1. The van der Waals surface area contributed by atoms with Gasteiger partial charge in [0.15, 0.2) is 0 Å². The Kier molecular flexibility index (Phi) is 4.43. The van der Waals surface area contributed by atoms with E-state index in [4.69, 9.17) is 10.5 Å². The third-order valence-corrected chi connectivity index (χ3v) is 5.10. The fourth-order valence-electron chi connectivity index (χ4n) is 1.82. The Balaban J connectivity index is 2.13. The Morgan fingerprint density at radius 3 is 2.78 bits per heavy atom. The van der Waals surface area contributed by atoms with Gasteiger partial charge in [-0.05, 0) is 58.6 Å². The standard InChI is InChI=1S/C14H16BrNOS/c1-9-6-13(18-14(9)15)12(16)8-10-4-3-5-11(7-10)17-2/h3-7,12H,8,16H2,1-2H3. The van der Waals surface area contributed by atoms with Crippen molar-refractivity contribution in [3.05, 3.63) is 50.1 Å². The van der Waals surface area contributed by atoms with Crippen molar-refractivity contribution in [2.24, 2.45) is 5.73 Å². The quantitative estimate of drug-likeness (QED) is 0.919. The van der Waals surface area contributed by atoms with Crippen molar-refractivity contribution in [1.29, 1.82) is 0 Å². The van der Waals surface area contributed by atoms with Gasteiger partial charge in [-0.15, -0.1) is 11.3 Å². The van der Waals surface area contributed by atoms with E-state index in [9.17, 15) is 0 Å². The maximum Gasteiger partial charge on any atom is 0.119 e. The van der Waals surface area contributed by atoms with Crippen molar-refractivity contribution in [3.8, 4) is 5.75 Å². The Morgan fingerprint density at radius 1 is 1.39 bits per heavy atom. The molecular formula is C14H16BrNOS. The van der Waals surface area contributed by atoms with E-state index in [-0.39, 0.29) is 6.04 Å². The lowest BCUT2D eigenvalue weighted by Gasteiger charge is -2.10. The number of methoxy groups -OCH3 is 1. The largest absolute Gasteiger partial charge is 0.497 e. The number of nitrogens with two attached hydrogens (primary N) is 1. The molecule has 96 valence electrons. The fourth-order valence-corrected chi connectivity index (χ4v) is 3.39. The maximum atomic E-state index is 6.25. The van der Waals surface area contributed by atoms with Gasteiger partial charge in [0, 0.05) is 10.9 Å². The molecule has 0 radical (unpaired) electrons. The SMILES string of the molecule is COc1cccc(CC(N)c2cc(C)c(Br)s2)c1. The summed E-state index contributed by atoms with van der Waals surface area (Å²) in [6.07, 6.45) is 0.823. The first-order valence-corrected chi connectivity index (χ1v) is 7.35. The molecule has 1 aromatic carbocycles. The van der Waals surface area contributed by atoms with Crippen LogP contribution < -0.4 is 10.5 Å². The highest BCUT2D eigenvalue weighted by Crippen LogP contribution is 2.32. The van der Waals surface area contributed by atoms with Crippen molar-refractivity contribution >= 4 is 27.3 Å². The molecular weight excluding hydrogens is 310 g/mol.